The summed E-state index contributed by atoms with van der Waals surface area (Å²) in [5.41, 5.74) is 2.24. The molecular formula is C28H21N. The number of para-hydroxylation sites is 2. The highest BCUT2D eigenvalue weighted by Crippen LogP contribution is 2.33. The summed E-state index contributed by atoms with van der Waals surface area (Å²) in [4.78, 5) is 0. The minimum Gasteiger partial charge on any atom is -0.356 e. The van der Waals surface area contributed by atoms with Crippen molar-refractivity contribution < 1.29 is 0 Å². The lowest BCUT2D eigenvalue weighted by molar-refractivity contribution is 1.55. The zero-order valence-corrected chi connectivity index (χ0v) is 16.0. The van der Waals surface area contributed by atoms with Crippen molar-refractivity contribution in [1.82, 2.24) is 0 Å². The van der Waals surface area contributed by atoms with Crippen LogP contribution in [-0.2, 0) is 0 Å². The van der Waals surface area contributed by atoms with Crippen LogP contribution in [0, 0.1) is 0 Å². The second-order valence-corrected chi connectivity index (χ2v) is 7.15. The summed E-state index contributed by atoms with van der Waals surface area (Å²) in [5, 5.41) is 11.4. The lowest BCUT2D eigenvalue weighted by Crippen LogP contribution is -1.87. The molecule has 6 rings (SSSR count). The van der Waals surface area contributed by atoms with Gasteiger partial charge in [-0.25, -0.2) is 0 Å². The fourth-order valence-electron chi connectivity index (χ4n) is 3.88. The van der Waals surface area contributed by atoms with E-state index in [0.717, 1.165) is 11.4 Å². The Morgan fingerprint density at radius 2 is 0.655 bits per heavy atom. The van der Waals surface area contributed by atoms with Crippen molar-refractivity contribution in [2.24, 2.45) is 0 Å². The normalized spacial score (nSPS) is 10.8. The zero-order valence-electron chi connectivity index (χ0n) is 16.0. The summed E-state index contributed by atoms with van der Waals surface area (Å²) in [5.74, 6) is 0. The second-order valence-electron chi connectivity index (χ2n) is 7.15. The van der Waals surface area contributed by atoms with E-state index in [1.807, 2.05) is 60.7 Å². The summed E-state index contributed by atoms with van der Waals surface area (Å²) in [6.45, 7) is 0. The highest BCUT2D eigenvalue weighted by Gasteiger charge is 2.05. The van der Waals surface area contributed by atoms with Crippen LogP contribution in [-0.4, -0.2) is 0 Å². The molecule has 0 bridgehead atoms. The van der Waals surface area contributed by atoms with E-state index < -0.39 is 0 Å². The molecule has 1 heteroatoms. The van der Waals surface area contributed by atoms with E-state index in [1.165, 1.54) is 32.3 Å². The number of anilines is 2. The number of nitrogens with one attached hydrogen (secondary N) is 1. The molecule has 0 saturated heterocycles. The van der Waals surface area contributed by atoms with Crippen LogP contribution in [0.5, 0.6) is 0 Å². The first kappa shape index (κ1) is 17.3. The SMILES string of the molecule is c1cc2ccc3cccc4ccc(c1)c2c34.c1ccc(Nc2ccccc2)cc1. The van der Waals surface area contributed by atoms with Gasteiger partial charge in [-0.05, 0) is 56.6 Å². The molecule has 1 nitrogen and oxygen atoms in total. The number of rotatable bonds is 2. The molecule has 0 aromatic heterocycles. The molecule has 6 aromatic carbocycles. The van der Waals surface area contributed by atoms with Gasteiger partial charge in [0.25, 0.3) is 0 Å². The summed E-state index contributed by atoms with van der Waals surface area (Å²) < 4.78 is 0. The molecule has 0 aliphatic carbocycles. The average molecular weight is 371 g/mol. The van der Waals surface area contributed by atoms with E-state index >= 15 is 0 Å². The van der Waals surface area contributed by atoms with Crippen LogP contribution in [0.3, 0.4) is 0 Å². The molecule has 0 aliphatic rings. The van der Waals surface area contributed by atoms with Gasteiger partial charge >= 0.3 is 0 Å². The molecule has 1 N–H and O–H groups in total. The van der Waals surface area contributed by atoms with Crippen molar-refractivity contribution in [2.75, 3.05) is 5.32 Å². The van der Waals surface area contributed by atoms with Crippen LogP contribution >= 0.6 is 0 Å². The lowest BCUT2D eigenvalue weighted by Gasteiger charge is -2.09. The van der Waals surface area contributed by atoms with E-state index in [2.05, 4.69) is 66.0 Å². The number of hydrogen-bond acceptors (Lipinski definition) is 1. The first-order valence-electron chi connectivity index (χ1n) is 9.88. The number of hydrogen-bond donors (Lipinski definition) is 1. The Hall–Kier alpha value is -3.84. The molecular weight excluding hydrogens is 350 g/mol. The number of benzene rings is 6. The maximum absolute atomic E-state index is 3.30. The van der Waals surface area contributed by atoms with Crippen molar-refractivity contribution in [2.45, 2.75) is 0 Å². The van der Waals surface area contributed by atoms with Gasteiger partial charge in [0.1, 0.15) is 0 Å². The van der Waals surface area contributed by atoms with Crippen molar-refractivity contribution in [3.8, 4) is 0 Å². The van der Waals surface area contributed by atoms with Crippen LogP contribution in [0.4, 0.5) is 11.4 Å². The minimum absolute atomic E-state index is 1.12. The summed E-state index contributed by atoms with van der Waals surface area (Å²) in [6.07, 6.45) is 0. The molecule has 0 spiro atoms. The molecule has 0 heterocycles. The highest BCUT2D eigenvalue weighted by molar-refractivity contribution is 6.22. The molecule has 0 aliphatic heterocycles. The predicted octanol–water partition coefficient (Wildman–Crippen LogP) is 8.01. The molecule has 138 valence electrons. The fraction of sp³-hybridized carbons (Fsp3) is 0. The molecule has 0 atom stereocenters. The molecule has 0 radical (unpaired) electrons. The van der Waals surface area contributed by atoms with Gasteiger partial charge in [-0.2, -0.15) is 0 Å². The van der Waals surface area contributed by atoms with Crippen LogP contribution in [0.1, 0.15) is 0 Å². The van der Waals surface area contributed by atoms with Crippen molar-refractivity contribution >= 4 is 43.7 Å². The Balaban J connectivity index is 0.000000129. The van der Waals surface area contributed by atoms with Crippen LogP contribution in [0.25, 0.3) is 32.3 Å². The molecule has 0 fully saturated rings. The summed E-state index contributed by atoms with van der Waals surface area (Å²) in [6, 6.07) is 42.1. The summed E-state index contributed by atoms with van der Waals surface area (Å²) >= 11 is 0. The topological polar surface area (TPSA) is 12.0 Å². The third-order valence-electron chi connectivity index (χ3n) is 5.23. The Labute approximate surface area is 170 Å². The first-order valence-corrected chi connectivity index (χ1v) is 9.88. The van der Waals surface area contributed by atoms with Crippen molar-refractivity contribution in [3.63, 3.8) is 0 Å². The van der Waals surface area contributed by atoms with Gasteiger partial charge in [-0.1, -0.05) is 97.1 Å². The average Bonchev–Trinajstić information content (AvgIpc) is 2.80. The summed E-state index contributed by atoms with van der Waals surface area (Å²) in [7, 11) is 0. The predicted molar refractivity (Wildman–Crippen MR) is 126 cm³/mol. The standard InChI is InChI=1S/C16H10.C12H11N/c1-3-11-7-9-13-5-2-6-14-10-8-12(4-1)15(11)16(13)14;1-3-7-11(8-4-1)13-12-9-5-2-6-10-12/h1-10H;1-10,13H. The minimum atomic E-state index is 1.12. The fourth-order valence-corrected chi connectivity index (χ4v) is 3.88. The molecule has 0 saturated carbocycles. The molecule has 29 heavy (non-hydrogen) atoms. The quantitative estimate of drug-likeness (QED) is 0.304. The lowest BCUT2D eigenvalue weighted by atomic mass is 9.95. The monoisotopic (exact) mass is 371 g/mol. The van der Waals surface area contributed by atoms with Gasteiger partial charge in [0.05, 0.1) is 0 Å². The van der Waals surface area contributed by atoms with Gasteiger partial charge in [-0.3, -0.25) is 0 Å². The van der Waals surface area contributed by atoms with Crippen LogP contribution in [0.15, 0.2) is 121 Å². The maximum Gasteiger partial charge on any atom is 0.0384 e. The Morgan fingerprint density at radius 3 is 1.00 bits per heavy atom. The molecule has 0 unspecified atom stereocenters. The highest BCUT2D eigenvalue weighted by atomic mass is 14.9. The van der Waals surface area contributed by atoms with Crippen molar-refractivity contribution in [3.05, 3.63) is 121 Å². The molecule has 0 amide bonds. The molecule has 6 aromatic rings. The van der Waals surface area contributed by atoms with Crippen LogP contribution < -0.4 is 5.32 Å². The zero-order chi connectivity index (χ0) is 19.5. The van der Waals surface area contributed by atoms with Gasteiger partial charge in [0, 0.05) is 11.4 Å². The van der Waals surface area contributed by atoms with Gasteiger partial charge in [0.2, 0.25) is 0 Å². The Morgan fingerprint density at radius 1 is 0.310 bits per heavy atom. The first-order chi connectivity index (χ1) is 14.4. The van der Waals surface area contributed by atoms with Crippen LogP contribution in [0.2, 0.25) is 0 Å². The van der Waals surface area contributed by atoms with E-state index in [0.29, 0.717) is 0 Å². The van der Waals surface area contributed by atoms with E-state index in [1.54, 1.807) is 0 Å². The van der Waals surface area contributed by atoms with Gasteiger partial charge in [-0.15, -0.1) is 0 Å². The van der Waals surface area contributed by atoms with E-state index in [9.17, 15) is 0 Å². The third kappa shape index (κ3) is 3.51. The van der Waals surface area contributed by atoms with Crippen molar-refractivity contribution in [1.29, 1.82) is 0 Å². The largest absolute Gasteiger partial charge is 0.356 e. The Kier molecular flexibility index (Phi) is 4.56. The smallest absolute Gasteiger partial charge is 0.0384 e. The second kappa shape index (κ2) is 7.65. The maximum atomic E-state index is 3.30. The van der Waals surface area contributed by atoms with E-state index in [-0.39, 0.29) is 0 Å². The van der Waals surface area contributed by atoms with Gasteiger partial charge < -0.3 is 5.32 Å². The third-order valence-corrected chi connectivity index (χ3v) is 5.23. The van der Waals surface area contributed by atoms with E-state index in [4.69, 9.17) is 0 Å². The van der Waals surface area contributed by atoms with Gasteiger partial charge in [0.15, 0.2) is 0 Å². The Bertz CT molecular complexity index is 1190.